The second-order valence-electron chi connectivity index (χ2n) is 23.9. The van der Waals surface area contributed by atoms with E-state index in [-0.39, 0.29) is 0 Å². The maximum Gasteiger partial charge on any atom is -0.000695 e. The molecule has 19 aromatic carbocycles. The lowest BCUT2D eigenvalue weighted by atomic mass is 9.80. The predicted octanol–water partition coefficient (Wildman–Crippen LogP) is 24.3. The number of rotatable bonds is 6. The molecule has 0 heteroatoms. The summed E-state index contributed by atoms with van der Waals surface area (Å²) < 4.78 is 0. The van der Waals surface area contributed by atoms with E-state index in [4.69, 9.17) is 0 Å². The van der Waals surface area contributed by atoms with Crippen LogP contribution in [0.3, 0.4) is 0 Å². The largest absolute Gasteiger partial charge is 0.0622 e. The van der Waals surface area contributed by atoms with Gasteiger partial charge in [0.2, 0.25) is 0 Å². The van der Waals surface area contributed by atoms with Gasteiger partial charge in [-0.3, -0.25) is 0 Å². The van der Waals surface area contributed by atoms with E-state index < -0.39 is 0 Å². The van der Waals surface area contributed by atoms with Crippen molar-refractivity contribution in [3.8, 4) is 89.0 Å². The average molecular weight is 1080 g/mol. The Morgan fingerprint density at radius 2 is 0.512 bits per heavy atom. The third kappa shape index (κ3) is 6.02. The van der Waals surface area contributed by atoms with Crippen LogP contribution in [0, 0.1) is 0 Å². The van der Waals surface area contributed by atoms with Gasteiger partial charge >= 0.3 is 0 Å². The Morgan fingerprint density at radius 1 is 0.128 bits per heavy atom. The quantitative estimate of drug-likeness (QED) is 0.115. The molecule has 0 aromatic heterocycles. The van der Waals surface area contributed by atoms with Crippen LogP contribution in [-0.4, -0.2) is 0 Å². The summed E-state index contributed by atoms with van der Waals surface area (Å²) in [5.74, 6) is 0. The molecule has 0 spiro atoms. The van der Waals surface area contributed by atoms with Crippen molar-refractivity contribution in [2.24, 2.45) is 0 Å². The first-order chi connectivity index (χ1) is 42.7. The highest BCUT2D eigenvalue weighted by Crippen LogP contribution is 2.62. The second kappa shape index (κ2) is 17.2. The SMILES string of the molecule is c1ccc(-c2ccc3c(-c4ccccc4-c4ccccc4)c4c(c(-c5ccccc5)c3c2)-c2ccc3c5ccc6c7c(ccc(c8ccc-4c2c83)c57)c2c(-c3ccccc3-c3ccccc3)c3cc4ccccc4c4c5ccccc5c(c62)c34)cc1. The third-order valence-electron chi connectivity index (χ3n) is 19.8. The van der Waals surface area contributed by atoms with Crippen LogP contribution in [0.4, 0.5) is 0 Å². The van der Waals surface area contributed by atoms with E-state index >= 15 is 0 Å². The van der Waals surface area contributed by atoms with Gasteiger partial charge in [-0.25, -0.2) is 0 Å². The molecule has 0 bridgehead atoms. The van der Waals surface area contributed by atoms with E-state index in [1.165, 1.54) is 208 Å². The van der Waals surface area contributed by atoms with Gasteiger partial charge in [0.15, 0.2) is 0 Å². The summed E-state index contributed by atoms with van der Waals surface area (Å²) >= 11 is 0. The fourth-order valence-electron chi connectivity index (χ4n) is 16.5. The molecule has 0 aliphatic heterocycles. The molecule has 0 heterocycles. The standard InChI is InChI=1S/C86H48/c1-5-21-49(22-6-1)53-37-38-66-71(47-53)73(52-27-11-4-12-28-52)82-67-43-39-62-65-42-46-70-80-69(45-41-64(76(65)80)63-40-44-68(79(67)75(62)63)83(82)77(66)58-33-17-15-30-55(58)50-23-7-2-8-24-50)84-78(59-34-18-16-31-56(59)51-25-9-3-10-26-51)72-48-54-29-13-14-32-57(54)74-60-35-19-20-36-61(60)81(85(70)84)86(72)74/h1-48H. The summed E-state index contributed by atoms with van der Waals surface area (Å²) in [6.07, 6.45) is 0. The van der Waals surface area contributed by atoms with E-state index in [0.29, 0.717) is 0 Å². The van der Waals surface area contributed by atoms with Crippen molar-refractivity contribution in [1.82, 2.24) is 0 Å². The van der Waals surface area contributed by atoms with Crippen molar-refractivity contribution in [3.05, 3.63) is 291 Å². The Balaban J connectivity index is 0.939. The maximum atomic E-state index is 2.51. The lowest BCUT2D eigenvalue weighted by Crippen LogP contribution is -1.95. The van der Waals surface area contributed by atoms with Gasteiger partial charge in [-0.05, 0) is 220 Å². The van der Waals surface area contributed by atoms with Crippen LogP contribution < -0.4 is 0 Å². The Morgan fingerprint density at radius 3 is 1.13 bits per heavy atom. The molecule has 0 fully saturated rings. The number of fused-ring (bicyclic) bond motifs is 15. The first-order valence-corrected chi connectivity index (χ1v) is 30.2. The average Bonchev–Trinajstić information content (AvgIpc) is 1.67. The van der Waals surface area contributed by atoms with E-state index in [2.05, 4.69) is 291 Å². The van der Waals surface area contributed by atoms with Gasteiger partial charge in [-0.15, -0.1) is 0 Å². The Bertz CT molecular complexity index is 6050. The molecular weight excluding hydrogens is 1030 g/mol. The molecule has 0 saturated carbocycles. The molecule has 1 aliphatic rings. The molecular formula is C86H48. The normalized spacial score (nSPS) is 12.4. The molecule has 0 radical (unpaired) electrons. The fourth-order valence-corrected chi connectivity index (χ4v) is 16.5. The monoisotopic (exact) mass is 1080 g/mol. The van der Waals surface area contributed by atoms with Crippen LogP contribution >= 0.6 is 0 Å². The van der Waals surface area contributed by atoms with Crippen LogP contribution in [-0.2, 0) is 0 Å². The number of benzene rings is 17. The predicted molar refractivity (Wildman–Crippen MR) is 370 cm³/mol. The summed E-state index contributed by atoms with van der Waals surface area (Å²) in [6.45, 7) is 0. The Kier molecular flexibility index (Phi) is 9.27. The van der Waals surface area contributed by atoms with Gasteiger partial charge in [-0.1, -0.05) is 279 Å². The van der Waals surface area contributed by atoms with Crippen molar-refractivity contribution >= 4 is 118 Å². The molecule has 0 unspecified atom stereocenters. The zero-order chi connectivity index (χ0) is 55.9. The molecule has 1 aliphatic carbocycles. The van der Waals surface area contributed by atoms with E-state index in [9.17, 15) is 0 Å². The molecule has 0 atom stereocenters. The van der Waals surface area contributed by atoms with Gasteiger partial charge in [0.05, 0.1) is 0 Å². The van der Waals surface area contributed by atoms with Gasteiger partial charge in [0.25, 0.3) is 0 Å². The summed E-state index contributed by atoms with van der Waals surface area (Å²) in [4.78, 5) is 0. The number of hydrogen-bond donors (Lipinski definition) is 0. The van der Waals surface area contributed by atoms with Gasteiger partial charge in [0.1, 0.15) is 0 Å². The van der Waals surface area contributed by atoms with Crippen LogP contribution in [0.25, 0.3) is 208 Å². The topological polar surface area (TPSA) is 0 Å². The molecule has 0 saturated heterocycles. The first kappa shape index (κ1) is 46.3. The Hall–Kier alpha value is -11.2. The first-order valence-electron chi connectivity index (χ1n) is 30.2. The van der Waals surface area contributed by atoms with Crippen molar-refractivity contribution in [2.45, 2.75) is 0 Å². The van der Waals surface area contributed by atoms with E-state index in [1.807, 2.05) is 0 Å². The lowest BCUT2D eigenvalue weighted by molar-refractivity contribution is 1.59. The maximum absolute atomic E-state index is 2.51. The smallest absolute Gasteiger partial charge is 0.000695 e. The summed E-state index contributed by atoms with van der Waals surface area (Å²) in [5, 5.41) is 29.0. The van der Waals surface area contributed by atoms with Gasteiger partial charge in [0, 0.05) is 0 Å². The third-order valence-corrected chi connectivity index (χ3v) is 19.8. The highest BCUT2D eigenvalue weighted by atomic mass is 14.4. The second-order valence-corrected chi connectivity index (χ2v) is 23.9. The molecule has 392 valence electrons. The van der Waals surface area contributed by atoms with Crippen LogP contribution in [0.1, 0.15) is 0 Å². The molecule has 0 nitrogen and oxygen atoms in total. The minimum absolute atomic E-state index is 1.21. The minimum Gasteiger partial charge on any atom is -0.0622 e. The lowest BCUT2D eigenvalue weighted by Gasteiger charge is -2.22. The number of hydrogen-bond acceptors (Lipinski definition) is 0. The van der Waals surface area contributed by atoms with Crippen LogP contribution in [0.15, 0.2) is 291 Å². The summed E-state index contributed by atoms with van der Waals surface area (Å²) in [5.41, 5.74) is 20.1. The molecule has 86 heavy (non-hydrogen) atoms. The summed E-state index contributed by atoms with van der Waals surface area (Å²) in [7, 11) is 0. The van der Waals surface area contributed by atoms with Crippen molar-refractivity contribution in [1.29, 1.82) is 0 Å². The highest BCUT2D eigenvalue weighted by molar-refractivity contribution is 6.53. The van der Waals surface area contributed by atoms with Crippen molar-refractivity contribution in [2.75, 3.05) is 0 Å². The Labute approximate surface area is 495 Å². The molecule has 20 rings (SSSR count). The molecule has 19 aromatic rings. The highest BCUT2D eigenvalue weighted by Gasteiger charge is 2.34. The van der Waals surface area contributed by atoms with Crippen molar-refractivity contribution in [3.63, 3.8) is 0 Å². The van der Waals surface area contributed by atoms with Crippen LogP contribution in [0.2, 0.25) is 0 Å². The molecule has 0 N–H and O–H groups in total. The fraction of sp³-hybridized carbons (Fsp3) is 0. The summed E-state index contributed by atoms with van der Waals surface area (Å²) in [6, 6.07) is 110. The van der Waals surface area contributed by atoms with Crippen LogP contribution in [0.5, 0.6) is 0 Å². The van der Waals surface area contributed by atoms with E-state index in [1.54, 1.807) is 0 Å². The van der Waals surface area contributed by atoms with E-state index in [0.717, 1.165) is 0 Å². The van der Waals surface area contributed by atoms with Gasteiger partial charge in [-0.2, -0.15) is 0 Å². The van der Waals surface area contributed by atoms with Gasteiger partial charge < -0.3 is 0 Å². The minimum atomic E-state index is 1.21. The zero-order valence-corrected chi connectivity index (χ0v) is 46.7. The molecule has 0 amide bonds. The zero-order valence-electron chi connectivity index (χ0n) is 46.7. The van der Waals surface area contributed by atoms with Crippen molar-refractivity contribution < 1.29 is 0 Å².